The number of benzene rings is 7. The Morgan fingerprint density at radius 3 is 2.10 bits per heavy atom. The van der Waals surface area contributed by atoms with Gasteiger partial charge in [-0.3, -0.25) is 4.57 Å². The minimum atomic E-state index is 0.857. The lowest BCUT2D eigenvalue weighted by atomic mass is 9.99. The van der Waals surface area contributed by atoms with Crippen molar-refractivity contribution in [3.63, 3.8) is 0 Å². The number of fused-ring (bicyclic) bond motifs is 9. The standard InChI is InChI=1S/C37H22N2O/c1-2-10-25-22-26(18-16-23(25)8-1)39-34-15-6-5-14-33(34)38-37(39)32-13-7-12-29-31-21-20-28-27-11-4-3-9-24(27)17-19-30(28)35(31)40-36(29)32/h1-22H. The van der Waals surface area contributed by atoms with E-state index in [9.17, 15) is 0 Å². The SMILES string of the molecule is c1ccc2cc(-n3c(-c4cccc5c4oc4c5ccc5c6ccccc6ccc54)nc4ccccc43)ccc2c1. The molecule has 7 aromatic carbocycles. The summed E-state index contributed by atoms with van der Waals surface area (Å²) in [5, 5.41) is 9.43. The highest BCUT2D eigenvalue weighted by molar-refractivity contribution is 6.21. The fraction of sp³-hybridized carbons (Fsp3) is 0. The van der Waals surface area contributed by atoms with E-state index >= 15 is 0 Å². The van der Waals surface area contributed by atoms with Crippen LogP contribution in [0.3, 0.4) is 0 Å². The van der Waals surface area contributed by atoms with Crippen LogP contribution in [0.15, 0.2) is 138 Å². The van der Waals surface area contributed by atoms with Crippen LogP contribution in [-0.2, 0) is 0 Å². The van der Waals surface area contributed by atoms with Gasteiger partial charge in [-0.15, -0.1) is 0 Å². The monoisotopic (exact) mass is 510 g/mol. The van der Waals surface area contributed by atoms with E-state index in [1.54, 1.807) is 0 Å². The van der Waals surface area contributed by atoms with E-state index in [4.69, 9.17) is 9.40 Å². The summed E-state index contributed by atoms with van der Waals surface area (Å²) in [6.07, 6.45) is 0. The molecule has 0 fully saturated rings. The lowest BCUT2D eigenvalue weighted by Gasteiger charge is -2.11. The molecule has 2 aromatic heterocycles. The topological polar surface area (TPSA) is 31.0 Å². The van der Waals surface area contributed by atoms with Crippen LogP contribution < -0.4 is 0 Å². The lowest BCUT2D eigenvalue weighted by Crippen LogP contribution is -1.98. The van der Waals surface area contributed by atoms with Gasteiger partial charge >= 0.3 is 0 Å². The average molecular weight is 511 g/mol. The largest absolute Gasteiger partial charge is 0.455 e. The van der Waals surface area contributed by atoms with E-state index in [0.717, 1.165) is 55.4 Å². The van der Waals surface area contributed by atoms with E-state index in [1.807, 2.05) is 6.07 Å². The Balaban J connectivity index is 1.36. The number of aromatic nitrogens is 2. The van der Waals surface area contributed by atoms with Crippen LogP contribution in [0.1, 0.15) is 0 Å². The molecule has 0 saturated carbocycles. The van der Waals surface area contributed by atoms with Gasteiger partial charge in [0.15, 0.2) is 0 Å². The highest BCUT2D eigenvalue weighted by atomic mass is 16.3. The maximum atomic E-state index is 6.80. The van der Waals surface area contributed by atoms with Crippen molar-refractivity contribution in [1.82, 2.24) is 9.55 Å². The highest BCUT2D eigenvalue weighted by Crippen LogP contribution is 2.41. The van der Waals surface area contributed by atoms with Gasteiger partial charge in [0.25, 0.3) is 0 Å². The molecule has 0 saturated heterocycles. The van der Waals surface area contributed by atoms with Crippen molar-refractivity contribution in [1.29, 1.82) is 0 Å². The van der Waals surface area contributed by atoms with Crippen molar-refractivity contribution in [2.45, 2.75) is 0 Å². The second kappa shape index (κ2) is 8.05. The zero-order valence-electron chi connectivity index (χ0n) is 21.5. The third-order valence-electron chi connectivity index (χ3n) is 8.18. The predicted octanol–water partition coefficient (Wildman–Crippen LogP) is 10.1. The molecule has 40 heavy (non-hydrogen) atoms. The van der Waals surface area contributed by atoms with Crippen LogP contribution in [0, 0.1) is 0 Å². The van der Waals surface area contributed by atoms with Crippen LogP contribution in [0.25, 0.3) is 82.4 Å². The zero-order chi connectivity index (χ0) is 26.2. The Hall–Kier alpha value is -5.41. The maximum absolute atomic E-state index is 6.80. The smallest absolute Gasteiger partial charge is 0.149 e. The first kappa shape index (κ1) is 21.5. The lowest BCUT2D eigenvalue weighted by molar-refractivity contribution is 0.673. The van der Waals surface area contributed by atoms with Crippen molar-refractivity contribution < 1.29 is 4.42 Å². The van der Waals surface area contributed by atoms with Crippen LogP contribution in [-0.4, -0.2) is 9.55 Å². The molecule has 0 atom stereocenters. The second-order valence-corrected chi connectivity index (χ2v) is 10.4. The Labute approximate surface area is 229 Å². The van der Waals surface area contributed by atoms with E-state index in [2.05, 4.69) is 132 Å². The molecule has 0 radical (unpaired) electrons. The average Bonchev–Trinajstić information content (AvgIpc) is 3.59. The number of imidazole rings is 1. The van der Waals surface area contributed by atoms with Gasteiger partial charge < -0.3 is 4.42 Å². The molecule has 186 valence electrons. The zero-order valence-corrected chi connectivity index (χ0v) is 21.5. The predicted molar refractivity (Wildman–Crippen MR) is 166 cm³/mol. The van der Waals surface area contributed by atoms with E-state index in [0.29, 0.717) is 0 Å². The van der Waals surface area contributed by atoms with Crippen molar-refractivity contribution in [2.75, 3.05) is 0 Å². The van der Waals surface area contributed by atoms with E-state index in [-0.39, 0.29) is 0 Å². The molecule has 0 spiro atoms. The number of nitrogens with zero attached hydrogens (tertiary/aromatic N) is 2. The maximum Gasteiger partial charge on any atom is 0.149 e. The number of para-hydroxylation sites is 3. The van der Waals surface area contributed by atoms with E-state index in [1.165, 1.54) is 26.9 Å². The van der Waals surface area contributed by atoms with Gasteiger partial charge in [0.2, 0.25) is 0 Å². The molecule has 3 nitrogen and oxygen atoms in total. The molecule has 0 aliphatic carbocycles. The Bertz CT molecular complexity index is 2440. The van der Waals surface area contributed by atoms with E-state index < -0.39 is 0 Å². The fourth-order valence-corrected chi connectivity index (χ4v) is 6.30. The molecule has 3 heteroatoms. The summed E-state index contributed by atoms with van der Waals surface area (Å²) >= 11 is 0. The van der Waals surface area contributed by atoms with Crippen LogP contribution in [0.5, 0.6) is 0 Å². The normalized spacial score (nSPS) is 12.0. The second-order valence-electron chi connectivity index (χ2n) is 10.4. The molecule has 9 aromatic rings. The summed E-state index contributed by atoms with van der Waals surface area (Å²) < 4.78 is 9.06. The summed E-state index contributed by atoms with van der Waals surface area (Å²) in [5.41, 5.74) is 5.85. The van der Waals surface area contributed by atoms with Gasteiger partial charge in [0, 0.05) is 21.8 Å². The number of hydrogen-bond donors (Lipinski definition) is 0. The van der Waals surface area contributed by atoms with Gasteiger partial charge in [-0.1, -0.05) is 91.0 Å². The van der Waals surface area contributed by atoms with Gasteiger partial charge in [-0.2, -0.15) is 0 Å². The Morgan fingerprint density at radius 1 is 0.475 bits per heavy atom. The first-order chi connectivity index (χ1) is 19.8. The molecule has 0 aliphatic heterocycles. The number of furan rings is 1. The molecule has 0 bridgehead atoms. The van der Waals surface area contributed by atoms with Crippen molar-refractivity contribution in [3.8, 4) is 17.1 Å². The fourth-order valence-electron chi connectivity index (χ4n) is 6.30. The third kappa shape index (κ3) is 2.97. The van der Waals surface area contributed by atoms with Gasteiger partial charge in [-0.25, -0.2) is 4.98 Å². The molecule has 0 N–H and O–H groups in total. The number of hydrogen-bond acceptors (Lipinski definition) is 2. The van der Waals surface area contributed by atoms with Gasteiger partial charge in [0.1, 0.15) is 17.0 Å². The van der Waals surface area contributed by atoms with Gasteiger partial charge in [0.05, 0.1) is 16.6 Å². The molecular formula is C37H22N2O. The minimum Gasteiger partial charge on any atom is -0.455 e. The highest BCUT2D eigenvalue weighted by Gasteiger charge is 2.20. The Morgan fingerprint density at radius 2 is 1.15 bits per heavy atom. The quantitative estimate of drug-likeness (QED) is 0.217. The summed E-state index contributed by atoms with van der Waals surface area (Å²) in [7, 11) is 0. The van der Waals surface area contributed by atoms with Crippen LogP contribution in [0.2, 0.25) is 0 Å². The number of rotatable bonds is 2. The van der Waals surface area contributed by atoms with Crippen molar-refractivity contribution in [2.24, 2.45) is 0 Å². The van der Waals surface area contributed by atoms with Gasteiger partial charge in [-0.05, 0) is 69.4 Å². The summed E-state index contributed by atoms with van der Waals surface area (Å²) in [4.78, 5) is 5.17. The summed E-state index contributed by atoms with van der Waals surface area (Å²) in [6.45, 7) is 0. The van der Waals surface area contributed by atoms with Crippen LogP contribution >= 0.6 is 0 Å². The summed E-state index contributed by atoms with van der Waals surface area (Å²) in [6, 6.07) is 47.1. The summed E-state index contributed by atoms with van der Waals surface area (Å²) in [5.74, 6) is 0.871. The molecule has 9 rings (SSSR count). The minimum absolute atomic E-state index is 0.857. The molecule has 0 amide bonds. The van der Waals surface area contributed by atoms with Crippen LogP contribution in [0.4, 0.5) is 0 Å². The van der Waals surface area contributed by atoms with Crippen molar-refractivity contribution in [3.05, 3.63) is 133 Å². The third-order valence-corrected chi connectivity index (χ3v) is 8.18. The Kier molecular flexibility index (Phi) is 4.33. The molecule has 2 heterocycles. The first-order valence-corrected chi connectivity index (χ1v) is 13.6. The molecule has 0 aliphatic rings. The molecular weight excluding hydrogens is 488 g/mol. The molecule has 0 unspecified atom stereocenters. The first-order valence-electron chi connectivity index (χ1n) is 13.6. The van der Waals surface area contributed by atoms with Crippen molar-refractivity contribution >= 4 is 65.3 Å².